The summed E-state index contributed by atoms with van der Waals surface area (Å²) in [7, 11) is 5.83. The lowest BCUT2D eigenvalue weighted by Gasteiger charge is -2.12. The predicted octanol–water partition coefficient (Wildman–Crippen LogP) is 0.440. The standard InChI is InChI=1S/C12H18N5O/c1-5-16(4)12(15(2)3)18-17-11-9-7-6-8-10(11)13-14-17/h6-9H,5H2,1-4H3/q+1. The molecule has 0 saturated heterocycles. The van der Waals surface area contributed by atoms with Crippen LogP contribution in [0.1, 0.15) is 6.92 Å². The lowest BCUT2D eigenvalue weighted by Crippen LogP contribution is -2.41. The van der Waals surface area contributed by atoms with Crippen molar-refractivity contribution in [2.75, 3.05) is 27.7 Å². The summed E-state index contributed by atoms with van der Waals surface area (Å²) >= 11 is 0. The molecule has 2 rings (SSSR count). The molecule has 6 nitrogen and oxygen atoms in total. The van der Waals surface area contributed by atoms with Gasteiger partial charge in [0.05, 0.1) is 27.7 Å². The minimum atomic E-state index is 0.716. The van der Waals surface area contributed by atoms with E-state index in [0.717, 1.165) is 17.6 Å². The van der Waals surface area contributed by atoms with Gasteiger partial charge in [0.15, 0.2) is 0 Å². The Hall–Kier alpha value is -2.11. The Kier molecular flexibility index (Phi) is 3.45. The largest absolute Gasteiger partial charge is 0.472 e. The minimum Gasteiger partial charge on any atom is -0.278 e. The molecule has 0 aliphatic rings. The molecule has 18 heavy (non-hydrogen) atoms. The number of para-hydroxylation sites is 1. The Balaban J connectivity index is 2.36. The molecule has 0 atom stereocenters. The van der Waals surface area contributed by atoms with E-state index < -0.39 is 0 Å². The highest BCUT2D eigenvalue weighted by atomic mass is 16.7. The van der Waals surface area contributed by atoms with E-state index in [0.29, 0.717) is 6.02 Å². The van der Waals surface area contributed by atoms with Crippen molar-refractivity contribution in [2.24, 2.45) is 0 Å². The maximum atomic E-state index is 5.79. The third-order valence-corrected chi connectivity index (χ3v) is 2.67. The Morgan fingerprint density at radius 3 is 2.78 bits per heavy atom. The second-order valence-corrected chi connectivity index (χ2v) is 4.23. The molecule has 1 aromatic heterocycles. The predicted molar refractivity (Wildman–Crippen MR) is 69.5 cm³/mol. The summed E-state index contributed by atoms with van der Waals surface area (Å²) in [6.45, 7) is 2.91. The van der Waals surface area contributed by atoms with Crippen LogP contribution in [-0.2, 0) is 0 Å². The van der Waals surface area contributed by atoms with Gasteiger partial charge < -0.3 is 0 Å². The molecule has 0 amide bonds. The monoisotopic (exact) mass is 248 g/mol. The molecule has 2 aromatic rings. The van der Waals surface area contributed by atoms with Crippen LogP contribution in [0.2, 0.25) is 0 Å². The first-order valence-electron chi connectivity index (χ1n) is 5.87. The third-order valence-electron chi connectivity index (χ3n) is 2.67. The van der Waals surface area contributed by atoms with Gasteiger partial charge in [0.25, 0.3) is 0 Å². The van der Waals surface area contributed by atoms with Crippen LogP contribution >= 0.6 is 0 Å². The first-order valence-corrected chi connectivity index (χ1v) is 5.87. The van der Waals surface area contributed by atoms with E-state index in [9.17, 15) is 0 Å². The summed E-state index contributed by atoms with van der Waals surface area (Å²) < 4.78 is 1.90. The van der Waals surface area contributed by atoms with Crippen LogP contribution in [0.15, 0.2) is 24.3 Å². The Bertz CT molecular complexity index is 571. The summed E-state index contributed by atoms with van der Waals surface area (Å²) in [4.78, 5) is 9.23. The van der Waals surface area contributed by atoms with Gasteiger partial charge in [-0.15, -0.1) is 5.10 Å². The summed E-state index contributed by atoms with van der Waals surface area (Å²) in [6, 6.07) is 8.41. The van der Waals surface area contributed by atoms with Crippen molar-refractivity contribution in [3.63, 3.8) is 0 Å². The summed E-state index contributed by atoms with van der Waals surface area (Å²) in [6.07, 6.45) is 0. The van der Waals surface area contributed by atoms with E-state index in [1.54, 1.807) is 0 Å². The molecule has 0 aliphatic carbocycles. The van der Waals surface area contributed by atoms with Crippen LogP contribution in [0.5, 0.6) is 0 Å². The van der Waals surface area contributed by atoms with Gasteiger partial charge in [-0.2, -0.15) is 0 Å². The molecular formula is C12H18N5O+. The van der Waals surface area contributed by atoms with Gasteiger partial charge in [0.1, 0.15) is 11.0 Å². The second kappa shape index (κ2) is 5.03. The van der Waals surface area contributed by atoms with Crippen molar-refractivity contribution in [3.8, 4) is 0 Å². The van der Waals surface area contributed by atoms with Gasteiger partial charge in [0, 0.05) is 0 Å². The first-order chi connectivity index (χ1) is 8.63. The molecule has 0 saturated carbocycles. The highest BCUT2D eigenvalue weighted by Crippen LogP contribution is 2.08. The molecule has 0 spiro atoms. The lowest BCUT2D eigenvalue weighted by atomic mass is 10.3. The fraction of sp³-hybridized carbons (Fsp3) is 0.417. The van der Waals surface area contributed by atoms with Crippen LogP contribution in [0.3, 0.4) is 0 Å². The summed E-state index contributed by atoms with van der Waals surface area (Å²) in [5.41, 5.74) is 1.66. The number of hydrogen-bond donors (Lipinski definition) is 0. The van der Waals surface area contributed by atoms with Gasteiger partial charge in [-0.25, -0.2) is 9.48 Å². The van der Waals surface area contributed by atoms with E-state index in [-0.39, 0.29) is 0 Å². The number of amidine groups is 1. The quantitative estimate of drug-likeness (QED) is 0.439. The SMILES string of the molecule is CCN(C)C(On1nnc2ccccc21)=[N+](C)C. The molecule has 0 fully saturated rings. The van der Waals surface area contributed by atoms with Gasteiger partial charge in [-0.3, -0.25) is 4.84 Å². The summed E-state index contributed by atoms with van der Waals surface area (Å²) in [5, 5.41) is 8.06. The molecule has 0 radical (unpaired) electrons. The molecule has 1 heterocycles. The summed E-state index contributed by atoms with van der Waals surface area (Å²) in [5.74, 6) is 0. The zero-order valence-corrected chi connectivity index (χ0v) is 11.2. The molecule has 0 bridgehead atoms. The van der Waals surface area contributed by atoms with Gasteiger partial charge in [-0.1, -0.05) is 17.0 Å². The average molecular weight is 248 g/mol. The molecule has 6 heteroatoms. The Labute approximate surface area is 106 Å². The second-order valence-electron chi connectivity index (χ2n) is 4.23. The van der Waals surface area contributed by atoms with Crippen LogP contribution in [0.25, 0.3) is 11.0 Å². The molecule has 0 N–H and O–H groups in total. The number of benzene rings is 1. The Morgan fingerprint density at radius 2 is 2.11 bits per heavy atom. The van der Waals surface area contributed by atoms with Crippen LogP contribution in [0.4, 0.5) is 0 Å². The van der Waals surface area contributed by atoms with E-state index in [1.165, 1.54) is 4.85 Å². The van der Waals surface area contributed by atoms with Crippen LogP contribution < -0.4 is 4.84 Å². The maximum Gasteiger partial charge on any atom is 0.472 e. The van der Waals surface area contributed by atoms with Gasteiger partial charge in [0.2, 0.25) is 0 Å². The fourth-order valence-electron chi connectivity index (χ4n) is 1.62. The minimum absolute atomic E-state index is 0.716. The highest BCUT2D eigenvalue weighted by Gasteiger charge is 2.19. The van der Waals surface area contributed by atoms with Crippen molar-refractivity contribution >= 4 is 17.1 Å². The molecule has 0 unspecified atom stereocenters. The molecule has 0 aliphatic heterocycles. The van der Waals surface area contributed by atoms with Gasteiger partial charge in [-0.05, 0) is 24.3 Å². The van der Waals surface area contributed by atoms with Crippen LogP contribution in [-0.4, -0.2) is 58.3 Å². The number of fused-ring (bicyclic) bond motifs is 1. The number of nitrogens with zero attached hydrogens (tertiary/aromatic N) is 5. The first kappa shape index (κ1) is 12.3. The normalized spacial score (nSPS) is 10.4. The van der Waals surface area contributed by atoms with Crippen LogP contribution in [0, 0.1) is 0 Å². The number of rotatable bonds is 2. The number of aromatic nitrogens is 3. The topological polar surface area (TPSA) is 46.2 Å². The zero-order valence-electron chi connectivity index (χ0n) is 11.2. The Morgan fingerprint density at radius 1 is 1.39 bits per heavy atom. The van der Waals surface area contributed by atoms with Gasteiger partial charge >= 0.3 is 6.02 Å². The molecule has 96 valence electrons. The van der Waals surface area contributed by atoms with E-state index in [1.807, 2.05) is 54.9 Å². The highest BCUT2D eigenvalue weighted by molar-refractivity contribution is 5.75. The van der Waals surface area contributed by atoms with Crippen molar-refractivity contribution in [1.82, 2.24) is 20.1 Å². The van der Waals surface area contributed by atoms with Crippen molar-refractivity contribution in [1.29, 1.82) is 0 Å². The van der Waals surface area contributed by atoms with Crippen molar-refractivity contribution in [2.45, 2.75) is 6.92 Å². The number of hydrogen-bond acceptors (Lipinski definition) is 3. The van der Waals surface area contributed by atoms with E-state index in [4.69, 9.17) is 4.84 Å². The average Bonchev–Trinajstić information content (AvgIpc) is 2.78. The smallest absolute Gasteiger partial charge is 0.278 e. The van der Waals surface area contributed by atoms with E-state index in [2.05, 4.69) is 17.2 Å². The maximum absolute atomic E-state index is 5.79. The lowest BCUT2D eigenvalue weighted by molar-refractivity contribution is -0.480. The molecular weight excluding hydrogens is 230 g/mol. The van der Waals surface area contributed by atoms with Crippen molar-refractivity contribution < 1.29 is 9.41 Å². The fourth-order valence-corrected chi connectivity index (χ4v) is 1.62. The zero-order chi connectivity index (χ0) is 13.1. The molecule has 1 aromatic carbocycles. The van der Waals surface area contributed by atoms with E-state index >= 15 is 0 Å². The van der Waals surface area contributed by atoms with Crippen molar-refractivity contribution in [3.05, 3.63) is 24.3 Å². The third kappa shape index (κ3) is 2.27.